The van der Waals surface area contributed by atoms with E-state index in [0.717, 1.165) is 5.56 Å². The van der Waals surface area contributed by atoms with Crippen molar-refractivity contribution in [1.82, 2.24) is 14.1 Å². The molecule has 0 N–H and O–H groups in total. The fraction of sp³-hybridized carbons (Fsp3) is 0.261. The fourth-order valence-electron chi connectivity index (χ4n) is 3.48. The van der Waals surface area contributed by atoms with E-state index in [1.165, 1.54) is 4.57 Å². The number of aryl methyl sites for hydroxylation is 1. The second-order valence-corrected chi connectivity index (χ2v) is 7.58. The molecule has 6 heteroatoms. The van der Waals surface area contributed by atoms with Gasteiger partial charge in [-0.3, -0.25) is 13.9 Å². The molecule has 2 aromatic carbocycles. The van der Waals surface area contributed by atoms with Gasteiger partial charge in [0.1, 0.15) is 11.5 Å². The van der Waals surface area contributed by atoms with Gasteiger partial charge < -0.3 is 4.42 Å². The molecule has 4 aromatic rings. The Balaban J connectivity index is 1.86. The topological polar surface area (TPSA) is 70.0 Å². The highest BCUT2D eigenvalue weighted by molar-refractivity contribution is 5.77. The molecular formula is C23H23N3O3. The van der Waals surface area contributed by atoms with E-state index in [0.29, 0.717) is 34.8 Å². The molecule has 0 amide bonds. The first-order chi connectivity index (χ1) is 14.0. The molecular weight excluding hydrogens is 366 g/mol. The first-order valence-corrected chi connectivity index (χ1v) is 9.70. The molecule has 0 unspecified atom stereocenters. The Morgan fingerprint density at radius 2 is 1.66 bits per heavy atom. The Labute approximate surface area is 168 Å². The van der Waals surface area contributed by atoms with Crippen molar-refractivity contribution in [2.45, 2.75) is 33.9 Å². The van der Waals surface area contributed by atoms with Crippen molar-refractivity contribution >= 4 is 10.9 Å². The van der Waals surface area contributed by atoms with Crippen LogP contribution in [0.5, 0.6) is 0 Å². The minimum absolute atomic E-state index is 0.175. The van der Waals surface area contributed by atoms with E-state index in [1.54, 1.807) is 16.7 Å². The standard InChI is InChI=1S/C23H23N3O3/c1-15(2)13-26-22(27)18-11-7-8-12-20(18)25(23(26)28)14-19-16(3)29-21(24-19)17-9-5-4-6-10-17/h4-12,15H,13-14H2,1-3H3. The maximum atomic E-state index is 13.2. The molecule has 4 rings (SSSR count). The minimum Gasteiger partial charge on any atom is -0.441 e. The first-order valence-electron chi connectivity index (χ1n) is 9.70. The predicted octanol–water partition coefficient (Wildman–Crippen LogP) is 3.83. The van der Waals surface area contributed by atoms with Gasteiger partial charge in [0.15, 0.2) is 0 Å². The second kappa shape index (κ2) is 7.54. The molecule has 0 aliphatic heterocycles. The molecule has 0 atom stereocenters. The van der Waals surface area contributed by atoms with Gasteiger partial charge in [0, 0.05) is 12.1 Å². The number of hydrogen-bond acceptors (Lipinski definition) is 4. The lowest BCUT2D eigenvalue weighted by atomic mass is 10.2. The maximum Gasteiger partial charge on any atom is 0.331 e. The SMILES string of the molecule is Cc1oc(-c2ccccc2)nc1Cn1c(=O)n(CC(C)C)c(=O)c2ccccc21. The molecule has 0 aliphatic carbocycles. The molecule has 0 spiro atoms. The second-order valence-electron chi connectivity index (χ2n) is 7.58. The number of nitrogens with zero attached hydrogens (tertiary/aromatic N) is 3. The largest absolute Gasteiger partial charge is 0.441 e. The van der Waals surface area contributed by atoms with Gasteiger partial charge in [0.25, 0.3) is 5.56 Å². The zero-order chi connectivity index (χ0) is 20.5. The summed E-state index contributed by atoms with van der Waals surface area (Å²) in [5.74, 6) is 1.35. The van der Waals surface area contributed by atoms with Crippen LogP contribution in [0.3, 0.4) is 0 Å². The normalized spacial score (nSPS) is 11.4. The van der Waals surface area contributed by atoms with E-state index in [2.05, 4.69) is 4.98 Å². The Hall–Kier alpha value is -3.41. The summed E-state index contributed by atoms with van der Waals surface area (Å²) in [4.78, 5) is 30.7. The van der Waals surface area contributed by atoms with E-state index in [9.17, 15) is 9.59 Å². The van der Waals surface area contributed by atoms with Gasteiger partial charge in [0.05, 0.1) is 17.4 Å². The van der Waals surface area contributed by atoms with Crippen molar-refractivity contribution < 1.29 is 4.42 Å². The third-order valence-corrected chi connectivity index (χ3v) is 4.90. The zero-order valence-electron chi connectivity index (χ0n) is 16.8. The summed E-state index contributed by atoms with van der Waals surface area (Å²) in [5, 5.41) is 0.525. The Kier molecular flexibility index (Phi) is 4.92. The zero-order valence-corrected chi connectivity index (χ0v) is 16.8. The highest BCUT2D eigenvalue weighted by atomic mass is 16.4. The molecule has 2 heterocycles. The van der Waals surface area contributed by atoms with Crippen LogP contribution in [-0.4, -0.2) is 14.1 Å². The third-order valence-electron chi connectivity index (χ3n) is 4.90. The van der Waals surface area contributed by atoms with Crippen LogP contribution in [0.4, 0.5) is 0 Å². The molecule has 0 aliphatic rings. The minimum atomic E-state index is -0.328. The third kappa shape index (κ3) is 3.53. The van der Waals surface area contributed by atoms with E-state index in [4.69, 9.17) is 4.42 Å². The molecule has 0 bridgehead atoms. The van der Waals surface area contributed by atoms with Crippen molar-refractivity contribution in [3.8, 4) is 11.5 Å². The highest BCUT2D eigenvalue weighted by Crippen LogP contribution is 2.22. The predicted molar refractivity (Wildman–Crippen MR) is 113 cm³/mol. The Morgan fingerprint density at radius 3 is 2.38 bits per heavy atom. The lowest BCUT2D eigenvalue weighted by Crippen LogP contribution is -2.41. The molecule has 148 valence electrons. The van der Waals surface area contributed by atoms with E-state index < -0.39 is 0 Å². The van der Waals surface area contributed by atoms with Crippen LogP contribution in [0.2, 0.25) is 0 Å². The van der Waals surface area contributed by atoms with Crippen molar-refractivity contribution in [3.63, 3.8) is 0 Å². The average molecular weight is 389 g/mol. The highest BCUT2D eigenvalue weighted by Gasteiger charge is 2.17. The van der Waals surface area contributed by atoms with Crippen molar-refractivity contribution in [3.05, 3.63) is 86.9 Å². The monoisotopic (exact) mass is 389 g/mol. The number of oxazole rings is 1. The van der Waals surface area contributed by atoms with Crippen molar-refractivity contribution in [2.24, 2.45) is 5.92 Å². The summed E-state index contributed by atoms with van der Waals surface area (Å²) in [6.07, 6.45) is 0. The molecule has 29 heavy (non-hydrogen) atoms. The van der Waals surface area contributed by atoms with Crippen LogP contribution in [-0.2, 0) is 13.1 Å². The molecule has 0 saturated heterocycles. The molecule has 6 nitrogen and oxygen atoms in total. The number of para-hydroxylation sites is 1. The van der Waals surface area contributed by atoms with Gasteiger partial charge in [-0.2, -0.15) is 0 Å². The van der Waals surface area contributed by atoms with Crippen LogP contribution in [0.25, 0.3) is 22.4 Å². The summed E-state index contributed by atoms with van der Waals surface area (Å²) in [6.45, 7) is 6.42. The van der Waals surface area contributed by atoms with E-state index in [1.807, 2.05) is 63.2 Å². The molecule has 0 saturated carbocycles. The van der Waals surface area contributed by atoms with Gasteiger partial charge in [0.2, 0.25) is 5.89 Å². The van der Waals surface area contributed by atoms with Gasteiger partial charge in [-0.05, 0) is 37.1 Å². The summed E-state index contributed by atoms with van der Waals surface area (Å²) >= 11 is 0. The van der Waals surface area contributed by atoms with Crippen LogP contribution in [0.1, 0.15) is 25.3 Å². The summed E-state index contributed by atoms with van der Waals surface area (Å²) in [6, 6.07) is 16.8. The maximum absolute atomic E-state index is 13.2. The molecule has 0 radical (unpaired) electrons. The van der Waals surface area contributed by atoms with Crippen molar-refractivity contribution in [2.75, 3.05) is 0 Å². The Bertz CT molecular complexity index is 1280. The van der Waals surface area contributed by atoms with Crippen molar-refractivity contribution in [1.29, 1.82) is 0 Å². The van der Waals surface area contributed by atoms with Crippen LogP contribution in [0.15, 0.2) is 68.6 Å². The molecule has 0 fully saturated rings. The van der Waals surface area contributed by atoms with Crippen LogP contribution in [0, 0.1) is 12.8 Å². The van der Waals surface area contributed by atoms with Gasteiger partial charge in [-0.1, -0.05) is 44.2 Å². The summed E-state index contributed by atoms with van der Waals surface area (Å²) in [7, 11) is 0. The van der Waals surface area contributed by atoms with Crippen LogP contribution < -0.4 is 11.2 Å². The number of hydrogen-bond donors (Lipinski definition) is 0. The van der Waals surface area contributed by atoms with Crippen LogP contribution >= 0.6 is 0 Å². The summed E-state index contributed by atoms with van der Waals surface area (Å²) in [5.41, 5.74) is 1.57. The van der Waals surface area contributed by atoms with Gasteiger partial charge in [-0.25, -0.2) is 9.78 Å². The quantitative estimate of drug-likeness (QED) is 0.520. The van der Waals surface area contributed by atoms with Gasteiger partial charge >= 0.3 is 5.69 Å². The van der Waals surface area contributed by atoms with E-state index >= 15 is 0 Å². The average Bonchev–Trinajstić information content (AvgIpc) is 3.09. The smallest absolute Gasteiger partial charge is 0.331 e. The fourth-order valence-corrected chi connectivity index (χ4v) is 3.48. The summed E-state index contributed by atoms with van der Waals surface area (Å²) < 4.78 is 8.78. The Morgan fingerprint density at radius 1 is 0.966 bits per heavy atom. The number of aromatic nitrogens is 3. The number of fused-ring (bicyclic) bond motifs is 1. The molecule has 2 aromatic heterocycles. The number of rotatable bonds is 5. The first kappa shape index (κ1) is 18.9. The lowest BCUT2D eigenvalue weighted by Gasteiger charge is -2.14. The van der Waals surface area contributed by atoms with Gasteiger partial charge in [-0.15, -0.1) is 0 Å². The lowest BCUT2D eigenvalue weighted by molar-refractivity contribution is 0.479. The van der Waals surface area contributed by atoms with E-state index in [-0.39, 0.29) is 23.7 Å². The number of benzene rings is 2.